The van der Waals surface area contributed by atoms with Gasteiger partial charge in [-0.3, -0.25) is 4.79 Å². The second kappa shape index (κ2) is 12.9. The van der Waals surface area contributed by atoms with E-state index in [9.17, 15) is 4.79 Å². The molecule has 0 spiro atoms. The highest BCUT2D eigenvalue weighted by Gasteiger charge is 2.07. The van der Waals surface area contributed by atoms with Crippen molar-refractivity contribution in [3.8, 4) is 11.3 Å². The average molecular weight is 408 g/mol. The topological polar surface area (TPSA) is 31.2 Å². The summed E-state index contributed by atoms with van der Waals surface area (Å²) >= 11 is 0. The minimum absolute atomic E-state index is 0.211. The Labute approximate surface area is 182 Å². The summed E-state index contributed by atoms with van der Waals surface area (Å²) in [6, 6.07) is 20.0. The van der Waals surface area contributed by atoms with E-state index in [0.29, 0.717) is 6.61 Å². The van der Waals surface area contributed by atoms with Gasteiger partial charge < -0.3 is 9.30 Å². The van der Waals surface area contributed by atoms with E-state index in [0.717, 1.165) is 0 Å². The van der Waals surface area contributed by atoms with Crippen molar-refractivity contribution >= 4 is 16.9 Å². The summed E-state index contributed by atoms with van der Waals surface area (Å²) in [5.74, 6) is -0.211. The molecule has 0 unspecified atom stereocenters. The number of carbonyl (C=O) groups is 1. The highest BCUT2D eigenvalue weighted by molar-refractivity contribution is 5.86. The van der Waals surface area contributed by atoms with Crippen molar-refractivity contribution in [3.05, 3.63) is 60.2 Å². The van der Waals surface area contributed by atoms with Crippen LogP contribution in [0.4, 0.5) is 0 Å². The van der Waals surface area contributed by atoms with Crippen LogP contribution in [0.25, 0.3) is 22.2 Å². The van der Waals surface area contributed by atoms with Gasteiger partial charge in [0.1, 0.15) is 0 Å². The van der Waals surface area contributed by atoms with Crippen molar-refractivity contribution in [2.24, 2.45) is 7.05 Å². The number of benzene rings is 2. The van der Waals surface area contributed by atoms with Crippen LogP contribution in [0.1, 0.15) is 64.9 Å². The summed E-state index contributed by atoms with van der Waals surface area (Å²) in [5, 5.41) is 1.32. The Bertz CT molecular complexity index is 910. The first-order valence-corrected chi connectivity index (χ1v) is 11.3. The Morgan fingerprint density at radius 2 is 1.63 bits per heavy atom. The number of fused-ring (bicyclic) bond motifs is 1. The van der Waals surface area contributed by atoms with Crippen LogP contribution in [0.2, 0.25) is 0 Å². The van der Waals surface area contributed by atoms with Crippen molar-refractivity contribution in [3.63, 3.8) is 0 Å². The van der Waals surface area contributed by atoms with E-state index in [1.54, 1.807) is 6.92 Å². The second-order valence-electron chi connectivity index (χ2n) is 7.79. The molecule has 0 atom stereocenters. The largest absolute Gasteiger partial charge is 0.466 e. The predicted molar refractivity (Wildman–Crippen MR) is 128 cm³/mol. The number of hydrogen-bond acceptors (Lipinski definition) is 2. The molecule has 30 heavy (non-hydrogen) atoms. The summed E-state index contributed by atoms with van der Waals surface area (Å²) in [6.07, 6.45) is 9.36. The molecule has 3 nitrogen and oxygen atoms in total. The molecule has 0 amide bonds. The van der Waals surface area contributed by atoms with Gasteiger partial charge in [0.05, 0.1) is 6.61 Å². The van der Waals surface area contributed by atoms with Gasteiger partial charge in [0.2, 0.25) is 0 Å². The van der Waals surface area contributed by atoms with E-state index in [4.69, 9.17) is 0 Å². The fourth-order valence-electron chi connectivity index (χ4n) is 3.76. The number of aromatic nitrogens is 1. The van der Waals surface area contributed by atoms with E-state index in [2.05, 4.69) is 77.9 Å². The van der Waals surface area contributed by atoms with Crippen molar-refractivity contribution in [2.45, 2.75) is 65.7 Å². The summed E-state index contributed by atoms with van der Waals surface area (Å²) in [5.41, 5.74) is 5.40. The number of esters is 1. The Kier molecular flexibility index (Phi) is 10.2. The maximum absolute atomic E-state index is 9.82. The van der Waals surface area contributed by atoms with Crippen LogP contribution in [0.15, 0.2) is 54.6 Å². The van der Waals surface area contributed by atoms with E-state index in [-0.39, 0.29) is 5.97 Å². The zero-order valence-corrected chi connectivity index (χ0v) is 19.1. The van der Waals surface area contributed by atoms with Crippen LogP contribution in [0, 0.1) is 0 Å². The summed E-state index contributed by atoms with van der Waals surface area (Å²) < 4.78 is 6.71. The minimum Gasteiger partial charge on any atom is -0.466 e. The highest BCUT2D eigenvalue weighted by Crippen LogP contribution is 2.28. The molecule has 1 heterocycles. The number of nitrogens with zero attached hydrogens (tertiary/aromatic N) is 1. The van der Waals surface area contributed by atoms with Crippen molar-refractivity contribution in [1.82, 2.24) is 4.57 Å². The monoisotopic (exact) mass is 407 g/mol. The lowest BCUT2D eigenvalue weighted by molar-refractivity contribution is -0.140. The lowest BCUT2D eigenvalue weighted by Gasteiger charge is -2.07. The van der Waals surface area contributed by atoms with Gasteiger partial charge in [0, 0.05) is 30.6 Å². The molecule has 1 aromatic heterocycles. The molecular formula is C27H37NO2. The van der Waals surface area contributed by atoms with Gasteiger partial charge in [-0.25, -0.2) is 0 Å². The zero-order chi connectivity index (χ0) is 21.8. The molecule has 0 radical (unpaired) electrons. The second-order valence-corrected chi connectivity index (χ2v) is 7.79. The molecule has 0 N–H and O–H groups in total. The van der Waals surface area contributed by atoms with E-state index in [1.807, 2.05) is 0 Å². The first-order valence-electron chi connectivity index (χ1n) is 11.3. The van der Waals surface area contributed by atoms with Crippen LogP contribution in [-0.4, -0.2) is 17.1 Å². The van der Waals surface area contributed by atoms with Gasteiger partial charge in [-0.1, -0.05) is 75.4 Å². The predicted octanol–water partition coefficient (Wildman–Crippen LogP) is 7.32. The van der Waals surface area contributed by atoms with Crippen LogP contribution < -0.4 is 0 Å². The number of rotatable bonds is 9. The number of ether oxygens (including phenoxy) is 1. The van der Waals surface area contributed by atoms with Crippen molar-refractivity contribution in [1.29, 1.82) is 0 Å². The van der Waals surface area contributed by atoms with E-state index in [1.165, 1.54) is 79.6 Å². The summed E-state index contributed by atoms with van der Waals surface area (Å²) in [4.78, 5) is 9.82. The quantitative estimate of drug-likeness (QED) is 0.275. The molecular weight excluding hydrogens is 370 g/mol. The van der Waals surface area contributed by atoms with Crippen LogP contribution in [0.5, 0.6) is 0 Å². The molecule has 3 aromatic rings. The minimum atomic E-state index is -0.211. The molecule has 0 saturated heterocycles. The number of aryl methyl sites for hydroxylation is 2. The molecule has 0 aliphatic carbocycles. The molecule has 3 rings (SSSR count). The summed E-state index contributed by atoms with van der Waals surface area (Å²) in [7, 11) is 2.16. The molecule has 2 aromatic carbocycles. The first-order chi connectivity index (χ1) is 14.6. The molecule has 162 valence electrons. The fourth-order valence-corrected chi connectivity index (χ4v) is 3.76. The van der Waals surface area contributed by atoms with Crippen LogP contribution in [0.3, 0.4) is 0 Å². The Morgan fingerprint density at radius 1 is 0.900 bits per heavy atom. The number of hydrogen-bond donors (Lipinski definition) is 0. The SMILES string of the molecule is CCCCCCCCc1cccc(-c2cc3ccccc3n2C)c1.CCOC(C)=O. The Hall–Kier alpha value is -2.55. The average Bonchev–Trinajstić information content (AvgIpc) is 3.08. The van der Waals surface area contributed by atoms with Crippen LogP contribution in [-0.2, 0) is 23.0 Å². The Balaban J connectivity index is 0.000000469. The third-order valence-corrected chi connectivity index (χ3v) is 5.34. The number of unbranched alkanes of at least 4 members (excludes halogenated alkanes) is 5. The lowest BCUT2D eigenvalue weighted by atomic mass is 10.0. The van der Waals surface area contributed by atoms with Gasteiger partial charge in [0.25, 0.3) is 0 Å². The van der Waals surface area contributed by atoms with Gasteiger partial charge >= 0.3 is 5.97 Å². The van der Waals surface area contributed by atoms with E-state index >= 15 is 0 Å². The maximum Gasteiger partial charge on any atom is 0.302 e. The van der Waals surface area contributed by atoms with Gasteiger partial charge in [-0.15, -0.1) is 0 Å². The third kappa shape index (κ3) is 7.37. The first kappa shape index (κ1) is 23.7. The molecule has 0 bridgehead atoms. The molecule has 0 aliphatic rings. The Morgan fingerprint density at radius 3 is 2.30 bits per heavy atom. The normalized spacial score (nSPS) is 10.5. The van der Waals surface area contributed by atoms with Crippen LogP contribution >= 0.6 is 0 Å². The molecule has 0 fully saturated rings. The van der Waals surface area contributed by atoms with Crippen molar-refractivity contribution in [2.75, 3.05) is 6.61 Å². The number of para-hydroxylation sites is 1. The summed E-state index contributed by atoms with van der Waals surface area (Å²) in [6.45, 7) is 5.93. The zero-order valence-electron chi connectivity index (χ0n) is 19.1. The molecule has 0 aliphatic heterocycles. The maximum atomic E-state index is 9.82. The fraction of sp³-hybridized carbons (Fsp3) is 0.444. The standard InChI is InChI=1S/C23H29N.C4H8O2/c1-3-4-5-6-7-8-12-19-13-11-15-20(17-19)23-18-21-14-9-10-16-22(21)24(23)2;1-3-6-4(2)5/h9-11,13-18H,3-8,12H2,1-2H3;3H2,1-2H3. The highest BCUT2D eigenvalue weighted by atomic mass is 16.5. The third-order valence-electron chi connectivity index (χ3n) is 5.34. The molecule has 0 saturated carbocycles. The van der Waals surface area contributed by atoms with Gasteiger partial charge in [-0.05, 0) is 49.1 Å². The van der Waals surface area contributed by atoms with Gasteiger partial charge in [0.15, 0.2) is 0 Å². The van der Waals surface area contributed by atoms with E-state index < -0.39 is 0 Å². The van der Waals surface area contributed by atoms with Crippen molar-refractivity contribution < 1.29 is 9.53 Å². The van der Waals surface area contributed by atoms with Gasteiger partial charge in [-0.2, -0.15) is 0 Å². The number of carbonyl (C=O) groups excluding carboxylic acids is 1. The smallest absolute Gasteiger partial charge is 0.302 e. The lowest BCUT2D eigenvalue weighted by Crippen LogP contribution is -1.95. The molecule has 3 heteroatoms.